The maximum absolute atomic E-state index is 13.6. The number of benzene rings is 1. The summed E-state index contributed by atoms with van der Waals surface area (Å²) in [4.78, 5) is 1.69. The first-order valence-corrected chi connectivity index (χ1v) is 8.31. The fourth-order valence-corrected chi connectivity index (χ4v) is 3.47. The number of piperidine rings is 1. The molecular formula is C18H25F4NO. The second-order valence-corrected chi connectivity index (χ2v) is 7.43. The van der Waals surface area contributed by atoms with Gasteiger partial charge in [-0.05, 0) is 55.5 Å². The number of hydrogen-bond donors (Lipinski definition) is 1. The Morgan fingerprint density at radius 1 is 1.00 bits per heavy atom. The molecule has 24 heavy (non-hydrogen) atoms. The highest BCUT2D eigenvalue weighted by molar-refractivity contribution is 5.25. The van der Waals surface area contributed by atoms with Crippen LogP contribution in [0.3, 0.4) is 0 Å². The Balaban J connectivity index is 2.22. The van der Waals surface area contributed by atoms with Crippen LogP contribution >= 0.6 is 0 Å². The Morgan fingerprint density at radius 3 is 2.04 bits per heavy atom. The van der Waals surface area contributed by atoms with Crippen molar-refractivity contribution in [1.82, 2.24) is 4.90 Å². The van der Waals surface area contributed by atoms with E-state index in [0.29, 0.717) is 18.7 Å². The van der Waals surface area contributed by atoms with Crippen molar-refractivity contribution in [2.45, 2.75) is 56.7 Å². The van der Waals surface area contributed by atoms with Crippen molar-refractivity contribution in [3.63, 3.8) is 0 Å². The van der Waals surface area contributed by atoms with E-state index in [1.54, 1.807) is 18.7 Å². The summed E-state index contributed by atoms with van der Waals surface area (Å²) in [6.45, 7) is 4.03. The van der Waals surface area contributed by atoms with Crippen molar-refractivity contribution in [1.29, 1.82) is 0 Å². The molecular weight excluding hydrogens is 322 g/mol. The minimum atomic E-state index is -4.72. The van der Waals surface area contributed by atoms with Crippen LogP contribution in [0.1, 0.15) is 45.1 Å². The van der Waals surface area contributed by atoms with E-state index in [4.69, 9.17) is 0 Å². The molecule has 1 N–H and O–H groups in total. The molecule has 1 heterocycles. The summed E-state index contributed by atoms with van der Waals surface area (Å²) >= 11 is 0. The summed E-state index contributed by atoms with van der Waals surface area (Å²) in [5.41, 5.74) is -3.15. The maximum atomic E-state index is 13.6. The summed E-state index contributed by atoms with van der Waals surface area (Å²) in [5, 5.41) is 10.5. The zero-order valence-corrected chi connectivity index (χ0v) is 14.2. The molecule has 1 atom stereocenters. The molecule has 1 unspecified atom stereocenters. The van der Waals surface area contributed by atoms with Gasteiger partial charge in [-0.3, -0.25) is 0 Å². The van der Waals surface area contributed by atoms with Crippen LogP contribution in [0.4, 0.5) is 17.6 Å². The van der Waals surface area contributed by atoms with Gasteiger partial charge in [0.05, 0.1) is 0 Å². The molecule has 1 saturated heterocycles. The lowest BCUT2D eigenvalue weighted by molar-refractivity contribution is -0.272. The van der Waals surface area contributed by atoms with Crippen LogP contribution < -0.4 is 0 Å². The van der Waals surface area contributed by atoms with Crippen LogP contribution in [0.15, 0.2) is 24.3 Å². The first-order chi connectivity index (χ1) is 11.0. The van der Waals surface area contributed by atoms with E-state index in [0.717, 1.165) is 19.3 Å². The highest BCUT2D eigenvalue weighted by Crippen LogP contribution is 2.41. The normalized spacial score (nSPS) is 20.0. The Kier molecular flexibility index (Phi) is 5.60. The van der Waals surface area contributed by atoms with Gasteiger partial charge in [-0.15, -0.1) is 0 Å². The molecule has 0 radical (unpaired) electrons. The minimum absolute atomic E-state index is 0.416. The second kappa shape index (κ2) is 7.00. The number of rotatable bonds is 5. The number of β-amino-alcohol motifs (C(OH)–C–C–N with tert-alkyl or cyclic N) is 1. The van der Waals surface area contributed by atoms with Crippen molar-refractivity contribution in [3.8, 4) is 0 Å². The minimum Gasteiger partial charge on any atom is -0.379 e. The number of alkyl halides is 3. The predicted octanol–water partition coefficient (Wildman–Crippen LogP) is 4.27. The molecule has 2 nitrogen and oxygen atoms in total. The first kappa shape index (κ1) is 19.2. The van der Waals surface area contributed by atoms with Gasteiger partial charge in [0, 0.05) is 6.54 Å². The van der Waals surface area contributed by atoms with E-state index in [1.165, 1.54) is 24.3 Å². The number of halogens is 4. The average Bonchev–Trinajstić information content (AvgIpc) is 2.47. The van der Waals surface area contributed by atoms with Gasteiger partial charge in [0.25, 0.3) is 0 Å². The van der Waals surface area contributed by atoms with Crippen molar-refractivity contribution in [2.75, 3.05) is 19.6 Å². The molecule has 1 fully saturated rings. The third kappa shape index (κ3) is 4.48. The van der Waals surface area contributed by atoms with E-state index in [2.05, 4.69) is 0 Å². The van der Waals surface area contributed by atoms with Crippen LogP contribution in [0.25, 0.3) is 0 Å². The lowest BCUT2D eigenvalue weighted by Gasteiger charge is -2.41. The quantitative estimate of drug-likeness (QED) is 0.804. The number of nitrogens with zero attached hydrogens (tertiary/aromatic N) is 1. The summed E-state index contributed by atoms with van der Waals surface area (Å²) in [7, 11) is 0. The molecule has 1 aromatic carbocycles. The molecule has 0 saturated carbocycles. The van der Waals surface area contributed by atoms with Crippen LogP contribution in [-0.4, -0.2) is 41.4 Å². The Morgan fingerprint density at radius 2 is 1.54 bits per heavy atom. The van der Waals surface area contributed by atoms with Gasteiger partial charge in [-0.25, -0.2) is 4.39 Å². The third-order valence-corrected chi connectivity index (χ3v) is 4.82. The standard InChI is InChI=1S/C18H25F4NO/c1-16(2,14-6-8-15(19)9-7-14)12-17(24,18(20,21)22)13-23-10-4-3-5-11-23/h6-9,24H,3-5,10-13H2,1-2H3. The highest BCUT2D eigenvalue weighted by atomic mass is 19.4. The molecule has 0 amide bonds. The monoisotopic (exact) mass is 347 g/mol. The zero-order valence-electron chi connectivity index (χ0n) is 14.2. The van der Waals surface area contributed by atoms with E-state index in [-0.39, 0.29) is 0 Å². The molecule has 0 spiro atoms. The molecule has 2 rings (SSSR count). The molecule has 136 valence electrons. The maximum Gasteiger partial charge on any atom is 0.418 e. The molecule has 1 aliphatic rings. The molecule has 6 heteroatoms. The smallest absolute Gasteiger partial charge is 0.379 e. The van der Waals surface area contributed by atoms with E-state index >= 15 is 0 Å². The van der Waals surface area contributed by atoms with Crippen molar-refractivity contribution in [2.24, 2.45) is 0 Å². The SMILES string of the molecule is CC(C)(CC(O)(CN1CCCCC1)C(F)(F)F)c1ccc(F)cc1. The van der Waals surface area contributed by atoms with Crippen LogP contribution in [-0.2, 0) is 5.41 Å². The van der Waals surface area contributed by atoms with Gasteiger partial charge in [0.15, 0.2) is 5.60 Å². The van der Waals surface area contributed by atoms with Crippen molar-refractivity contribution in [3.05, 3.63) is 35.6 Å². The number of likely N-dealkylation sites (tertiary alicyclic amines) is 1. The lowest BCUT2D eigenvalue weighted by Crippen LogP contribution is -2.56. The van der Waals surface area contributed by atoms with Gasteiger partial charge < -0.3 is 10.0 Å². The molecule has 0 bridgehead atoms. The highest BCUT2D eigenvalue weighted by Gasteiger charge is 2.56. The first-order valence-electron chi connectivity index (χ1n) is 8.31. The molecule has 1 aromatic rings. The number of hydrogen-bond acceptors (Lipinski definition) is 2. The molecule has 0 aromatic heterocycles. The van der Waals surface area contributed by atoms with Gasteiger partial charge >= 0.3 is 6.18 Å². The Bertz CT molecular complexity index is 535. The predicted molar refractivity (Wildman–Crippen MR) is 85.3 cm³/mol. The summed E-state index contributed by atoms with van der Waals surface area (Å²) in [6.07, 6.45) is -2.46. The van der Waals surface area contributed by atoms with E-state index < -0.39 is 36.0 Å². The van der Waals surface area contributed by atoms with Crippen molar-refractivity contribution < 1.29 is 22.7 Å². The molecule has 0 aliphatic carbocycles. The Labute approximate surface area is 140 Å². The molecule has 1 aliphatic heterocycles. The zero-order chi connectivity index (χ0) is 18.0. The number of aliphatic hydroxyl groups is 1. The topological polar surface area (TPSA) is 23.5 Å². The van der Waals surface area contributed by atoms with Crippen LogP contribution in [0.2, 0.25) is 0 Å². The second-order valence-electron chi connectivity index (χ2n) is 7.43. The van der Waals surface area contributed by atoms with Gasteiger partial charge in [-0.2, -0.15) is 13.2 Å². The fourth-order valence-electron chi connectivity index (χ4n) is 3.47. The lowest BCUT2D eigenvalue weighted by atomic mass is 9.74. The summed E-state index contributed by atoms with van der Waals surface area (Å²) in [6, 6.07) is 5.42. The summed E-state index contributed by atoms with van der Waals surface area (Å²) in [5.74, 6) is -0.436. The van der Waals surface area contributed by atoms with Crippen molar-refractivity contribution >= 4 is 0 Å². The summed E-state index contributed by atoms with van der Waals surface area (Å²) < 4.78 is 54.0. The van der Waals surface area contributed by atoms with Crippen LogP contribution in [0, 0.1) is 5.82 Å². The largest absolute Gasteiger partial charge is 0.418 e. The average molecular weight is 347 g/mol. The van der Waals surface area contributed by atoms with Gasteiger partial charge in [0.1, 0.15) is 5.82 Å². The fraction of sp³-hybridized carbons (Fsp3) is 0.667. The Hall–Kier alpha value is -1.14. The van der Waals surface area contributed by atoms with E-state index in [1.807, 2.05) is 0 Å². The third-order valence-electron chi connectivity index (χ3n) is 4.82. The van der Waals surface area contributed by atoms with Gasteiger partial charge in [0.2, 0.25) is 0 Å². The van der Waals surface area contributed by atoms with Gasteiger partial charge in [-0.1, -0.05) is 32.4 Å². The van der Waals surface area contributed by atoms with E-state index in [9.17, 15) is 22.7 Å². The van der Waals surface area contributed by atoms with Crippen LogP contribution in [0.5, 0.6) is 0 Å².